The Morgan fingerprint density at radius 1 is 1.26 bits per heavy atom. The number of methoxy groups -OCH3 is 2. The molecule has 0 saturated carbocycles. The Kier molecular flexibility index (Phi) is 6.19. The van der Waals surface area contributed by atoms with Crippen LogP contribution in [0.25, 0.3) is 0 Å². The van der Waals surface area contributed by atoms with Crippen molar-refractivity contribution in [3.05, 3.63) is 52.8 Å². The van der Waals surface area contributed by atoms with Crippen LogP contribution in [0.1, 0.15) is 24.4 Å². The Balaban J connectivity index is 1.73. The SMILES string of the molecule is COc1ccc(OC)c([C@H]2CCCN2CC(=O)Nc2ccc(F)c(Cl)c2)c1. The standard InChI is InChI=1S/C20H22ClFN2O3/c1-26-14-6-8-19(27-2)15(11-14)18-4-3-9-24(18)12-20(25)23-13-5-7-17(22)16(21)10-13/h5-8,10-11,18H,3-4,9,12H2,1-2H3,(H,23,25)/t18-/m1/s1. The largest absolute Gasteiger partial charge is 0.497 e. The molecule has 1 amide bonds. The van der Waals surface area contributed by atoms with E-state index in [2.05, 4.69) is 10.2 Å². The molecule has 144 valence electrons. The number of rotatable bonds is 6. The molecule has 1 atom stereocenters. The normalized spacial score (nSPS) is 17.0. The van der Waals surface area contributed by atoms with Crippen molar-refractivity contribution in [3.8, 4) is 11.5 Å². The smallest absolute Gasteiger partial charge is 0.238 e. The number of halogens is 2. The van der Waals surface area contributed by atoms with Crippen molar-refractivity contribution in [1.29, 1.82) is 0 Å². The molecular weight excluding hydrogens is 371 g/mol. The van der Waals surface area contributed by atoms with Crippen molar-refractivity contribution in [1.82, 2.24) is 4.90 Å². The van der Waals surface area contributed by atoms with Crippen molar-refractivity contribution in [2.24, 2.45) is 0 Å². The van der Waals surface area contributed by atoms with Gasteiger partial charge in [-0.05, 0) is 55.8 Å². The first kappa shape index (κ1) is 19.5. The first-order valence-corrected chi connectivity index (χ1v) is 9.10. The summed E-state index contributed by atoms with van der Waals surface area (Å²) in [6.45, 7) is 1.03. The second-order valence-corrected chi connectivity index (χ2v) is 6.82. The van der Waals surface area contributed by atoms with Gasteiger partial charge in [0, 0.05) is 17.3 Å². The summed E-state index contributed by atoms with van der Waals surface area (Å²) in [6.07, 6.45) is 1.92. The molecule has 1 saturated heterocycles. The quantitative estimate of drug-likeness (QED) is 0.797. The highest BCUT2D eigenvalue weighted by Gasteiger charge is 2.30. The zero-order valence-electron chi connectivity index (χ0n) is 15.3. The van der Waals surface area contributed by atoms with E-state index in [1.807, 2.05) is 18.2 Å². The Morgan fingerprint density at radius 2 is 2.07 bits per heavy atom. The van der Waals surface area contributed by atoms with Gasteiger partial charge in [0.05, 0.1) is 25.8 Å². The predicted molar refractivity (Wildman–Crippen MR) is 103 cm³/mol. The minimum absolute atomic E-state index is 0.0204. The van der Waals surface area contributed by atoms with Crippen LogP contribution in [-0.2, 0) is 4.79 Å². The molecule has 0 aromatic heterocycles. The lowest BCUT2D eigenvalue weighted by atomic mass is 10.0. The van der Waals surface area contributed by atoms with Crippen LogP contribution in [0.4, 0.5) is 10.1 Å². The fraction of sp³-hybridized carbons (Fsp3) is 0.350. The number of hydrogen-bond acceptors (Lipinski definition) is 4. The molecule has 0 aliphatic carbocycles. The Bertz CT molecular complexity index is 831. The average Bonchev–Trinajstić information content (AvgIpc) is 3.11. The van der Waals surface area contributed by atoms with Crippen molar-refractivity contribution in [3.63, 3.8) is 0 Å². The molecule has 2 aromatic carbocycles. The maximum Gasteiger partial charge on any atom is 0.238 e. The van der Waals surface area contributed by atoms with Gasteiger partial charge >= 0.3 is 0 Å². The topological polar surface area (TPSA) is 50.8 Å². The second kappa shape index (κ2) is 8.59. The summed E-state index contributed by atoms with van der Waals surface area (Å²) in [5.41, 5.74) is 1.48. The highest BCUT2D eigenvalue weighted by Crippen LogP contribution is 2.38. The number of likely N-dealkylation sites (tertiary alicyclic amines) is 1. The van der Waals surface area contributed by atoms with Gasteiger partial charge in [0.1, 0.15) is 17.3 Å². The van der Waals surface area contributed by atoms with E-state index in [4.69, 9.17) is 21.1 Å². The van der Waals surface area contributed by atoms with Gasteiger partial charge in [-0.3, -0.25) is 9.69 Å². The van der Waals surface area contributed by atoms with Gasteiger partial charge in [-0.25, -0.2) is 4.39 Å². The Labute approximate surface area is 163 Å². The molecule has 0 radical (unpaired) electrons. The number of carbonyl (C=O) groups excluding carboxylic acids is 1. The molecule has 1 aliphatic heterocycles. The number of nitrogens with one attached hydrogen (secondary N) is 1. The van der Waals surface area contributed by atoms with Crippen LogP contribution >= 0.6 is 11.6 Å². The summed E-state index contributed by atoms with van der Waals surface area (Å²) in [6, 6.07) is 9.89. The third kappa shape index (κ3) is 4.51. The summed E-state index contributed by atoms with van der Waals surface area (Å²) < 4.78 is 24.1. The zero-order valence-corrected chi connectivity index (χ0v) is 16.1. The molecule has 0 bridgehead atoms. The molecule has 1 heterocycles. The molecular formula is C20H22ClFN2O3. The van der Waals surface area contributed by atoms with Gasteiger partial charge in [0.15, 0.2) is 0 Å². The molecule has 7 heteroatoms. The monoisotopic (exact) mass is 392 g/mol. The Morgan fingerprint density at radius 3 is 2.78 bits per heavy atom. The van der Waals surface area contributed by atoms with Gasteiger partial charge < -0.3 is 14.8 Å². The lowest BCUT2D eigenvalue weighted by Crippen LogP contribution is -2.33. The van der Waals surface area contributed by atoms with E-state index in [1.165, 1.54) is 18.2 Å². The van der Waals surface area contributed by atoms with Crippen molar-refractivity contribution < 1.29 is 18.7 Å². The van der Waals surface area contributed by atoms with Crippen LogP contribution in [0.2, 0.25) is 5.02 Å². The van der Waals surface area contributed by atoms with Crippen molar-refractivity contribution >= 4 is 23.2 Å². The van der Waals surface area contributed by atoms with E-state index in [1.54, 1.807) is 14.2 Å². The molecule has 1 N–H and O–H groups in total. The first-order valence-electron chi connectivity index (χ1n) is 8.72. The molecule has 1 fully saturated rings. The zero-order chi connectivity index (χ0) is 19.4. The van der Waals surface area contributed by atoms with Crippen LogP contribution in [0, 0.1) is 5.82 Å². The summed E-state index contributed by atoms with van der Waals surface area (Å²) in [7, 11) is 3.26. The molecule has 3 rings (SSSR count). The minimum Gasteiger partial charge on any atom is -0.497 e. The minimum atomic E-state index is -0.514. The Hall–Kier alpha value is -2.31. The second-order valence-electron chi connectivity index (χ2n) is 6.41. The molecule has 0 unspecified atom stereocenters. The summed E-state index contributed by atoms with van der Waals surface area (Å²) >= 11 is 5.77. The maximum absolute atomic E-state index is 13.3. The third-order valence-corrected chi connectivity index (χ3v) is 5.00. The molecule has 0 spiro atoms. The fourth-order valence-corrected chi connectivity index (χ4v) is 3.61. The van der Waals surface area contributed by atoms with Crippen LogP contribution in [0.3, 0.4) is 0 Å². The van der Waals surface area contributed by atoms with Gasteiger partial charge in [-0.1, -0.05) is 11.6 Å². The highest BCUT2D eigenvalue weighted by atomic mass is 35.5. The molecule has 1 aliphatic rings. The highest BCUT2D eigenvalue weighted by molar-refractivity contribution is 6.31. The number of nitrogens with zero attached hydrogens (tertiary/aromatic N) is 1. The van der Waals surface area contributed by atoms with Crippen LogP contribution in [0.5, 0.6) is 11.5 Å². The fourth-order valence-electron chi connectivity index (χ4n) is 3.43. The number of carbonyl (C=O) groups is 1. The average molecular weight is 393 g/mol. The lowest BCUT2D eigenvalue weighted by Gasteiger charge is -2.26. The van der Waals surface area contributed by atoms with Crippen LogP contribution in [-0.4, -0.2) is 38.1 Å². The van der Waals surface area contributed by atoms with E-state index in [0.29, 0.717) is 5.69 Å². The predicted octanol–water partition coefficient (Wildman–Crippen LogP) is 4.27. The van der Waals surface area contributed by atoms with Gasteiger partial charge in [0.25, 0.3) is 0 Å². The number of ether oxygens (including phenoxy) is 2. The summed E-state index contributed by atoms with van der Waals surface area (Å²) in [4.78, 5) is 14.6. The van der Waals surface area contributed by atoms with E-state index in [0.717, 1.165) is 36.4 Å². The van der Waals surface area contributed by atoms with E-state index < -0.39 is 5.82 Å². The van der Waals surface area contributed by atoms with Crippen molar-refractivity contribution in [2.45, 2.75) is 18.9 Å². The van der Waals surface area contributed by atoms with Gasteiger partial charge in [-0.2, -0.15) is 0 Å². The number of benzene rings is 2. The summed E-state index contributed by atoms with van der Waals surface area (Å²) in [5, 5.41) is 2.75. The van der Waals surface area contributed by atoms with Gasteiger partial charge in [0.2, 0.25) is 5.91 Å². The molecule has 27 heavy (non-hydrogen) atoms. The third-order valence-electron chi connectivity index (χ3n) is 4.71. The van der Waals surface area contributed by atoms with Crippen LogP contribution < -0.4 is 14.8 Å². The molecule has 2 aromatic rings. The van der Waals surface area contributed by atoms with E-state index >= 15 is 0 Å². The molecule has 5 nitrogen and oxygen atoms in total. The van der Waals surface area contributed by atoms with E-state index in [9.17, 15) is 9.18 Å². The number of anilines is 1. The van der Waals surface area contributed by atoms with Crippen molar-refractivity contribution in [2.75, 3.05) is 32.6 Å². The van der Waals surface area contributed by atoms with Gasteiger partial charge in [-0.15, -0.1) is 0 Å². The first-order chi connectivity index (χ1) is 13.0. The van der Waals surface area contributed by atoms with E-state index in [-0.39, 0.29) is 23.5 Å². The lowest BCUT2D eigenvalue weighted by molar-refractivity contribution is -0.117. The summed E-state index contributed by atoms with van der Waals surface area (Å²) in [5.74, 6) is 0.840. The number of hydrogen-bond donors (Lipinski definition) is 1. The number of amides is 1. The maximum atomic E-state index is 13.3. The van der Waals surface area contributed by atoms with Crippen LogP contribution in [0.15, 0.2) is 36.4 Å².